The Labute approximate surface area is 174 Å². The molecule has 9 heteroatoms. The summed E-state index contributed by atoms with van der Waals surface area (Å²) in [5.41, 5.74) is 4.20. The summed E-state index contributed by atoms with van der Waals surface area (Å²) in [7, 11) is 1.58. The van der Waals surface area contributed by atoms with Crippen molar-refractivity contribution in [3.8, 4) is 5.75 Å². The summed E-state index contributed by atoms with van der Waals surface area (Å²) in [4.78, 5) is 31.3. The second kappa shape index (κ2) is 9.43. The first-order chi connectivity index (χ1) is 14.4. The summed E-state index contributed by atoms with van der Waals surface area (Å²) in [6.07, 6.45) is 5.42. The van der Waals surface area contributed by atoms with Crippen LogP contribution in [0.4, 0.5) is 5.95 Å². The summed E-state index contributed by atoms with van der Waals surface area (Å²) in [5, 5.41) is 13.8. The number of benzene rings is 1. The van der Waals surface area contributed by atoms with Gasteiger partial charge in [-0.25, -0.2) is 10.2 Å². The minimum atomic E-state index is -0.504. The first-order valence-corrected chi connectivity index (χ1v) is 10.2. The van der Waals surface area contributed by atoms with Crippen molar-refractivity contribution in [3.63, 3.8) is 0 Å². The van der Waals surface area contributed by atoms with Crippen molar-refractivity contribution in [3.05, 3.63) is 50.7 Å². The van der Waals surface area contributed by atoms with Crippen molar-refractivity contribution < 1.29 is 5.11 Å². The first kappa shape index (κ1) is 21.4. The number of H-pyrrole nitrogens is 1. The normalized spacial score (nSPS) is 11.9. The molecule has 0 aliphatic heterocycles. The van der Waals surface area contributed by atoms with Crippen LogP contribution in [0.25, 0.3) is 11.2 Å². The van der Waals surface area contributed by atoms with Crippen LogP contribution in [0.1, 0.15) is 51.5 Å². The number of phenols is 1. The molecule has 3 rings (SSSR count). The number of phenolic OH excluding ortho intramolecular Hbond substituents is 1. The molecule has 0 radical (unpaired) electrons. The van der Waals surface area contributed by atoms with E-state index in [1.807, 2.05) is 6.92 Å². The van der Waals surface area contributed by atoms with Gasteiger partial charge in [0.25, 0.3) is 5.56 Å². The van der Waals surface area contributed by atoms with E-state index in [0.29, 0.717) is 29.4 Å². The molecule has 0 atom stereocenters. The number of anilines is 1. The molecule has 0 aliphatic rings. The molecule has 0 aliphatic carbocycles. The Bertz CT molecular complexity index is 1150. The van der Waals surface area contributed by atoms with Crippen LogP contribution in [0.2, 0.25) is 0 Å². The van der Waals surface area contributed by atoms with Gasteiger partial charge < -0.3 is 9.67 Å². The number of hydrogen-bond donors (Lipinski definition) is 3. The third-order valence-electron chi connectivity index (χ3n) is 5.10. The topological polar surface area (TPSA) is 117 Å². The number of rotatable bonds is 9. The number of nitrogens with one attached hydrogen (secondary N) is 2. The largest absolute Gasteiger partial charge is 0.508 e. The summed E-state index contributed by atoms with van der Waals surface area (Å²) in [6, 6.07) is 6.71. The molecule has 160 valence electrons. The van der Waals surface area contributed by atoms with Gasteiger partial charge in [-0.1, -0.05) is 32.6 Å². The molecule has 2 aromatic heterocycles. The Morgan fingerprint density at radius 1 is 1.17 bits per heavy atom. The number of unbranched alkanes of at least 4 members (excludes halogenated alkanes) is 4. The number of aryl methyl sites for hydroxylation is 2. The van der Waals surface area contributed by atoms with Crippen molar-refractivity contribution in [1.29, 1.82) is 0 Å². The second-order valence-corrected chi connectivity index (χ2v) is 7.35. The number of aromatic hydroxyl groups is 1. The maximum absolute atomic E-state index is 12.5. The minimum Gasteiger partial charge on any atom is -0.508 e. The average molecular weight is 412 g/mol. The van der Waals surface area contributed by atoms with Crippen LogP contribution in [0, 0.1) is 0 Å². The number of hydrazone groups is 1. The zero-order valence-corrected chi connectivity index (χ0v) is 17.6. The fraction of sp³-hybridized carbons (Fsp3) is 0.429. The van der Waals surface area contributed by atoms with Crippen LogP contribution in [0.15, 0.2) is 39.0 Å². The smallest absolute Gasteiger partial charge is 0.329 e. The zero-order chi connectivity index (χ0) is 21.7. The summed E-state index contributed by atoms with van der Waals surface area (Å²) in [6.45, 7) is 4.59. The van der Waals surface area contributed by atoms with Crippen molar-refractivity contribution in [2.24, 2.45) is 12.1 Å². The highest BCUT2D eigenvalue weighted by Gasteiger charge is 2.17. The number of hydrogen-bond acceptors (Lipinski definition) is 6. The van der Waals surface area contributed by atoms with Crippen molar-refractivity contribution >= 4 is 22.8 Å². The molecular weight excluding hydrogens is 384 g/mol. The Morgan fingerprint density at radius 2 is 1.87 bits per heavy atom. The molecule has 1 aromatic carbocycles. The van der Waals surface area contributed by atoms with Crippen molar-refractivity contribution in [2.45, 2.75) is 52.5 Å². The molecule has 0 spiro atoms. The molecular formula is C21H28N6O3. The maximum atomic E-state index is 12.5. The molecule has 3 N–H and O–H groups in total. The quantitative estimate of drug-likeness (QED) is 0.284. The Balaban J connectivity index is 1.94. The predicted octanol–water partition coefficient (Wildman–Crippen LogP) is 2.94. The van der Waals surface area contributed by atoms with Gasteiger partial charge in [0.2, 0.25) is 5.95 Å². The third-order valence-corrected chi connectivity index (χ3v) is 5.10. The first-order valence-electron chi connectivity index (χ1n) is 10.2. The number of aromatic amines is 1. The summed E-state index contributed by atoms with van der Waals surface area (Å²) in [5.74, 6) is 0.592. The minimum absolute atomic E-state index is 0.185. The lowest BCUT2D eigenvalue weighted by Crippen LogP contribution is -2.29. The zero-order valence-electron chi connectivity index (χ0n) is 17.6. The molecule has 3 aromatic rings. The Kier molecular flexibility index (Phi) is 6.71. The highest BCUT2D eigenvalue weighted by atomic mass is 16.3. The van der Waals surface area contributed by atoms with E-state index < -0.39 is 11.2 Å². The molecule has 9 nitrogen and oxygen atoms in total. The van der Waals surface area contributed by atoms with Gasteiger partial charge in [-0.15, -0.1) is 0 Å². The highest BCUT2D eigenvalue weighted by Crippen LogP contribution is 2.18. The van der Waals surface area contributed by atoms with Crippen LogP contribution in [0.5, 0.6) is 5.75 Å². The van der Waals surface area contributed by atoms with E-state index in [0.717, 1.165) is 31.2 Å². The Morgan fingerprint density at radius 3 is 2.57 bits per heavy atom. The van der Waals surface area contributed by atoms with Gasteiger partial charge >= 0.3 is 5.69 Å². The highest BCUT2D eigenvalue weighted by molar-refractivity contribution is 5.99. The summed E-state index contributed by atoms with van der Waals surface area (Å²) < 4.78 is 3.11. The van der Waals surface area contributed by atoms with Crippen molar-refractivity contribution in [2.75, 3.05) is 5.43 Å². The number of nitrogens with zero attached hydrogens (tertiary/aromatic N) is 4. The maximum Gasteiger partial charge on any atom is 0.329 e. The van der Waals surface area contributed by atoms with Gasteiger partial charge in [0.15, 0.2) is 11.2 Å². The van der Waals surface area contributed by atoms with E-state index in [9.17, 15) is 14.7 Å². The van der Waals surface area contributed by atoms with Crippen LogP contribution < -0.4 is 16.7 Å². The lowest BCUT2D eigenvalue weighted by molar-refractivity contribution is 0.475. The van der Waals surface area contributed by atoms with E-state index >= 15 is 0 Å². The third kappa shape index (κ3) is 4.61. The van der Waals surface area contributed by atoms with Crippen LogP contribution >= 0.6 is 0 Å². The average Bonchev–Trinajstić information content (AvgIpc) is 3.10. The van der Waals surface area contributed by atoms with Crippen LogP contribution in [-0.4, -0.2) is 29.9 Å². The molecule has 30 heavy (non-hydrogen) atoms. The molecule has 0 amide bonds. The Hall–Kier alpha value is -3.36. The molecule has 0 saturated heterocycles. The number of imidazole rings is 1. The van der Waals surface area contributed by atoms with Gasteiger partial charge in [-0.3, -0.25) is 14.3 Å². The van der Waals surface area contributed by atoms with E-state index in [1.54, 1.807) is 35.9 Å². The molecule has 0 unspecified atom stereocenters. The van der Waals surface area contributed by atoms with Gasteiger partial charge in [0.1, 0.15) is 5.75 Å². The lowest BCUT2D eigenvalue weighted by Gasteiger charge is -2.09. The van der Waals surface area contributed by atoms with Crippen LogP contribution in [-0.2, 0) is 13.6 Å². The molecule has 0 fully saturated rings. The van der Waals surface area contributed by atoms with Crippen molar-refractivity contribution in [1.82, 2.24) is 19.1 Å². The molecule has 0 saturated carbocycles. The monoisotopic (exact) mass is 412 g/mol. The standard InChI is InChI=1S/C21H28N6O3/c1-4-5-6-7-8-13-27-17-18(26(3)21(30)23-19(17)29)22-20(27)25-24-14(2)15-9-11-16(28)12-10-15/h9-12,28H,4-8,13H2,1-3H3,(H,22,25)(H,23,29,30)/b24-14+. The molecule has 0 bridgehead atoms. The lowest BCUT2D eigenvalue weighted by atomic mass is 10.1. The van der Waals surface area contributed by atoms with Gasteiger partial charge in [0.05, 0.1) is 5.71 Å². The van der Waals surface area contributed by atoms with Gasteiger partial charge in [-0.05, 0) is 43.2 Å². The SMILES string of the molecule is CCCCCCCn1c(N/N=C(\C)c2ccc(O)cc2)nc2c1c(=O)[nH]c(=O)n2C. The summed E-state index contributed by atoms with van der Waals surface area (Å²) >= 11 is 0. The predicted molar refractivity (Wildman–Crippen MR) is 118 cm³/mol. The number of fused-ring (bicyclic) bond motifs is 1. The van der Waals surface area contributed by atoms with E-state index in [-0.39, 0.29) is 5.75 Å². The number of aromatic nitrogens is 4. The molecule has 2 heterocycles. The fourth-order valence-electron chi connectivity index (χ4n) is 3.31. The van der Waals surface area contributed by atoms with Crippen LogP contribution in [0.3, 0.4) is 0 Å². The second-order valence-electron chi connectivity index (χ2n) is 7.35. The van der Waals surface area contributed by atoms with E-state index in [2.05, 4.69) is 27.4 Å². The van der Waals surface area contributed by atoms with Gasteiger partial charge in [0, 0.05) is 13.6 Å². The fourth-order valence-corrected chi connectivity index (χ4v) is 3.31. The van der Waals surface area contributed by atoms with Gasteiger partial charge in [-0.2, -0.15) is 10.1 Å². The van der Waals surface area contributed by atoms with E-state index in [1.165, 1.54) is 11.0 Å². The van der Waals surface area contributed by atoms with E-state index in [4.69, 9.17) is 0 Å².